The van der Waals surface area contributed by atoms with Crippen LogP contribution in [-0.2, 0) is 24.0 Å². The molecule has 13 nitrogen and oxygen atoms in total. The number of hydrogen-bond donors (Lipinski definition) is 4. The van der Waals surface area contributed by atoms with Gasteiger partial charge in [-0.15, -0.1) is 6.58 Å². The van der Waals surface area contributed by atoms with Gasteiger partial charge in [0, 0.05) is 25.5 Å². The number of carbonyl (C=O) groups excluding carboxylic acids is 6. The highest BCUT2D eigenvalue weighted by Crippen LogP contribution is 2.40. The van der Waals surface area contributed by atoms with E-state index in [0.29, 0.717) is 25.3 Å². The third-order valence-electron chi connectivity index (χ3n) is 10.7. The van der Waals surface area contributed by atoms with Crippen molar-refractivity contribution in [1.82, 2.24) is 36.1 Å². The average Bonchev–Trinajstić information content (AvgIpc) is 3.82. The first-order valence-corrected chi connectivity index (χ1v) is 18.9. The monoisotopic (exact) mass is 721 g/mol. The van der Waals surface area contributed by atoms with Crippen LogP contribution in [0.2, 0.25) is 0 Å². The summed E-state index contributed by atoms with van der Waals surface area (Å²) in [6.07, 6.45) is 13.4. The number of ketones is 1. The Bertz CT molecular complexity index is 1460. The maximum Gasteiger partial charge on any atom is 0.289 e. The number of carbonyl (C=O) groups is 6. The van der Waals surface area contributed by atoms with E-state index < -0.39 is 70.3 Å². The molecule has 3 fully saturated rings. The van der Waals surface area contributed by atoms with E-state index in [1.54, 1.807) is 4.90 Å². The Kier molecular flexibility index (Phi) is 13.7. The van der Waals surface area contributed by atoms with Gasteiger partial charge in [-0.1, -0.05) is 79.7 Å². The molecule has 1 aromatic rings. The van der Waals surface area contributed by atoms with Crippen molar-refractivity contribution in [2.45, 2.75) is 130 Å². The minimum absolute atomic E-state index is 0.0182. The summed E-state index contributed by atoms with van der Waals surface area (Å²) in [5, 5.41) is 11.3. The maximum atomic E-state index is 14.7. The largest absolute Gasteiger partial charge is 0.346 e. The molecular weight excluding hydrogens is 662 g/mol. The molecule has 1 aromatic heterocycles. The van der Waals surface area contributed by atoms with Crippen LogP contribution in [0, 0.1) is 28.6 Å². The van der Waals surface area contributed by atoms with E-state index in [9.17, 15) is 28.8 Å². The van der Waals surface area contributed by atoms with Crippen LogP contribution in [0.4, 0.5) is 0 Å². The molecule has 4 rings (SSSR count). The normalized spacial score (nSPS) is 21.7. The lowest BCUT2D eigenvalue weighted by Gasteiger charge is -2.42. The van der Waals surface area contributed by atoms with Crippen molar-refractivity contribution in [2.75, 3.05) is 13.1 Å². The van der Waals surface area contributed by atoms with Gasteiger partial charge in [0.15, 0.2) is 0 Å². The fourth-order valence-corrected chi connectivity index (χ4v) is 7.71. The van der Waals surface area contributed by atoms with Gasteiger partial charge in [-0.2, -0.15) is 0 Å². The minimum Gasteiger partial charge on any atom is -0.346 e. The number of hydrogen-bond acceptors (Lipinski definition) is 8. The number of Topliss-reactive ketones (excluding diaryl/α,β-unsaturated/α-hetero) is 1. The highest BCUT2D eigenvalue weighted by atomic mass is 16.2. The molecule has 286 valence electrons. The van der Waals surface area contributed by atoms with Crippen molar-refractivity contribution in [1.29, 1.82) is 0 Å². The van der Waals surface area contributed by atoms with Crippen molar-refractivity contribution >= 4 is 35.3 Å². The van der Waals surface area contributed by atoms with Crippen molar-refractivity contribution < 1.29 is 28.8 Å². The first-order chi connectivity index (χ1) is 24.5. The second-order valence-corrected chi connectivity index (χ2v) is 16.9. The number of amides is 5. The number of rotatable bonds is 16. The standard InChI is InChI=1S/C39H59N7O6/c1-8-16-42-35(50)30(47)27(20-25-12-13-25)43-34(49)29-21-26(19-24(2)3)23-46(29)37(52)32(38(4,5)6)45-36(51)31(39(7)14-10-9-11-15-39)44-33(48)28-22-40-17-18-41-28/h8,17-18,22,24-27,29,31-32H,1,9-16,19-21,23H2,2-7H3,(H,42,50)(H,43,49)(H,44,48)(H,45,51)/t26-,27?,29+,31-,32-/m1/s1. The molecule has 3 aliphatic rings. The van der Waals surface area contributed by atoms with Crippen molar-refractivity contribution in [3.05, 3.63) is 36.9 Å². The lowest BCUT2D eigenvalue weighted by atomic mass is 9.70. The van der Waals surface area contributed by atoms with Gasteiger partial charge in [-0.3, -0.25) is 33.8 Å². The van der Waals surface area contributed by atoms with E-state index >= 15 is 0 Å². The molecule has 0 radical (unpaired) electrons. The Morgan fingerprint density at radius 1 is 0.981 bits per heavy atom. The van der Waals surface area contributed by atoms with E-state index in [0.717, 1.165) is 51.4 Å². The SMILES string of the molecule is C=CCNC(=O)C(=O)C(CC1CC1)NC(=O)[C@@H]1C[C@@H](CC(C)C)CN1C(=O)[C@@H](NC(=O)[C@@H](NC(=O)c1cnccn1)C1(C)CCCCC1)C(C)(C)C. The van der Waals surface area contributed by atoms with E-state index in [-0.39, 0.29) is 24.1 Å². The van der Waals surface area contributed by atoms with Gasteiger partial charge < -0.3 is 26.2 Å². The van der Waals surface area contributed by atoms with E-state index in [2.05, 4.69) is 51.7 Å². The molecule has 13 heteroatoms. The highest BCUT2D eigenvalue weighted by Gasteiger charge is 2.48. The summed E-state index contributed by atoms with van der Waals surface area (Å²) in [6.45, 7) is 15.7. The molecule has 2 saturated carbocycles. The van der Waals surface area contributed by atoms with Crippen molar-refractivity contribution in [2.24, 2.45) is 28.6 Å². The van der Waals surface area contributed by atoms with Crippen LogP contribution in [0.3, 0.4) is 0 Å². The number of nitrogens with zero attached hydrogens (tertiary/aromatic N) is 3. The first-order valence-electron chi connectivity index (χ1n) is 18.9. The second-order valence-electron chi connectivity index (χ2n) is 16.9. The Morgan fingerprint density at radius 3 is 2.25 bits per heavy atom. The van der Waals surface area contributed by atoms with Gasteiger partial charge in [0.1, 0.15) is 23.8 Å². The van der Waals surface area contributed by atoms with E-state index in [4.69, 9.17) is 0 Å². The molecule has 0 spiro atoms. The Hall–Kier alpha value is -4.16. The lowest BCUT2D eigenvalue weighted by molar-refractivity contribution is -0.145. The Morgan fingerprint density at radius 2 is 1.67 bits per heavy atom. The third-order valence-corrected chi connectivity index (χ3v) is 10.7. The fourth-order valence-electron chi connectivity index (χ4n) is 7.71. The van der Waals surface area contributed by atoms with Gasteiger partial charge in [0.05, 0.1) is 12.2 Å². The Labute approximate surface area is 308 Å². The average molecular weight is 722 g/mol. The molecule has 5 amide bonds. The van der Waals surface area contributed by atoms with Crippen LogP contribution in [0.15, 0.2) is 31.2 Å². The van der Waals surface area contributed by atoms with Crippen LogP contribution in [0.1, 0.15) is 116 Å². The van der Waals surface area contributed by atoms with Crippen LogP contribution >= 0.6 is 0 Å². The van der Waals surface area contributed by atoms with Crippen LogP contribution in [0.5, 0.6) is 0 Å². The molecule has 5 atom stereocenters. The van der Waals surface area contributed by atoms with Crippen LogP contribution in [0.25, 0.3) is 0 Å². The smallest absolute Gasteiger partial charge is 0.289 e. The summed E-state index contributed by atoms with van der Waals surface area (Å²) in [6, 6.07) is -3.90. The van der Waals surface area contributed by atoms with Gasteiger partial charge >= 0.3 is 0 Å². The van der Waals surface area contributed by atoms with E-state index in [1.807, 2.05) is 27.7 Å². The summed E-state index contributed by atoms with van der Waals surface area (Å²) in [4.78, 5) is 92.1. The third kappa shape index (κ3) is 10.7. The molecule has 2 aliphatic carbocycles. The Balaban J connectivity index is 1.60. The second kappa shape index (κ2) is 17.6. The summed E-state index contributed by atoms with van der Waals surface area (Å²) >= 11 is 0. The van der Waals surface area contributed by atoms with Crippen LogP contribution < -0.4 is 21.3 Å². The maximum absolute atomic E-state index is 14.7. The predicted molar refractivity (Wildman–Crippen MR) is 196 cm³/mol. The first kappa shape index (κ1) is 40.6. The summed E-state index contributed by atoms with van der Waals surface area (Å²) in [5.74, 6) is -2.83. The number of nitrogens with one attached hydrogen (secondary N) is 4. The minimum atomic E-state index is -1.04. The van der Waals surface area contributed by atoms with Crippen LogP contribution in [-0.4, -0.2) is 87.4 Å². The van der Waals surface area contributed by atoms with Gasteiger partial charge in [-0.05, 0) is 60.7 Å². The molecule has 2 heterocycles. The molecule has 1 saturated heterocycles. The summed E-state index contributed by atoms with van der Waals surface area (Å²) < 4.78 is 0. The fraction of sp³-hybridized carbons (Fsp3) is 0.692. The highest BCUT2D eigenvalue weighted by molar-refractivity contribution is 6.38. The zero-order chi connectivity index (χ0) is 38.2. The van der Waals surface area contributed by atoms with Crippen molar-refractivity contribution in [3.8, 4) is 0 Å². The zero-order valence-electron chi connectivity index (χ0n) is 31.8. The molecule has 4 N–H and O–H groups in total. The van der Waals surface area contributed by atoms with Gasteiger partial charge in [-0.25, -0.2) is 4.98 Å². The lowest BCUT2D eigenvalue weighted by Crippen LogP contribution is -2.63. The zero-order valence-corrected chi connectivity index (χ0v) is 31.8. The summed E-state index contributed by atoms with van der Waals surface area (Å²) in [7, 11) is 0. The quantitative estimate of drug-likeness (QED) is 0.148. The molecular formula is C39H59N7O6. The topological polar surface area (TPSA) is 180 Å². The number of likely N-dealkylation sites (tertiary alicyclic amines) is 1. The molecule has 1 unspecified atom stereocenters. The van der Waals surface area contributed by atoms with Crippen molar-refractivity contribution in [3.63, 3.8) is 0 Å². The predicted octanol–water partition coefficient (Wildman–Crippen LogP) is 3.50. The summed E-state index contributed by atoms with van der Waals surface area (Å²) in [5.41, 5.74) is -1.25. The molecule has 0 bridgehead atoms. The molecule has 1 aliphatic heterocycles. The number of aromatic nitrogens is 2. The molecule has 0 aromatic carbocycles. The van der Waals surface area contributed by atoms with E-state index in [1.165, 1.54) is 24.7 Å². The molecule has 52 heavy (non-hydrogen) atoms. The van der Waals surface area contributed by atoms with Gasteiger partial charge in [0.25, 0.3) is 11.8 Å². The van der Waals surface area contributed by atoms with Gasteiger partial charge in [0.2, 0.25) is 23.5 Å².